The van der Waals surface area contributed by atoms with Gasteiger partial charge in [0.1, 0.15) is 17.1 Å². The Morgan fingerprint density at radius 2 is 1.64 bits per heavy atom. The summed E-state index contributed by atoms with van der Waals surface area (Å²) in [6.45, 7) is 7.44. The Kier molecular flexibility index (Phi) is 7.59. The highest BCUT2D eigenvalue weighted by Crippen LogP contribution is 2.57. The second-order valence-electron chi connectivity index (χ2n) is 13.6. The zero-order valence-corrected chi connectivity index (χ0v) is 26.0. The first-order valence-electron chi connectivity index (χ1n) is 15.9. The third kappa shape index (κ3) is 5.80. The molecule has 1 aliphatic heterocycles. The highest BCUT2D eigenvalue weighted by molar-refractivity contribution is 5.71. The Labute approximate surface area is 262 Å². The monoisotopic (exact) mass is 622 g/mol. The molecule has 45 heavy (non-hydrogen) atoms. The molecule has 0 spiro atoms. The van der Waals surface area contributed by atoms with Crippen LogP contribution in [0.5, 0.6) is 5.75 Å². The van der Waals surface area contributed by atoms with E-state index >= 15 is 0 Å². The fourth-order valence-electron chi connectivity index (χ4n) is 8.80. The fraction of sp³-hybridized carbons (Fsp3) is 0.529. The number of aryl methyl sites for hydroxylation is 2. The van der Waals surface area contributed by atoms with Crippen molar-refractivity contribution in [2.24, 2.45) is 17.8 Å². The number of nitrogens with one attached hydrogen (secondary N) is 2. The normalized spacial score (nSPS) is 27.9. The number of hydrogen-bond acceptors (Lipinski definition) is 8. The molecule has 1 saturated heterocycles. The lowest BCUT2D eigenvalue weighted by Crippen LogP contribution is -2.64. The molecule has 2 aromatic carbocycles. The van der Waals surface area contributed by atoms with E-state index in [0.717, 1.165) is 68.5 Å². The number of piperazine rings is 1. The molecule has 1 aromatic heterocycles. The minimum atomic E-state index is -4.63. The van der Waals surface area contributed by atoms with Gasteiger partial charge in [0.2, 0.25) is 5.95 Å². The molecular weight excluding hydrogens is 581 g/mol. The molecule has 4 aliphatic carbocycles. The molecule has 3 N–H and O–H groups in total. The van der Waals surface area contributed by atoms with Gasteiger partial charge in [-0.15, -0.1) is 0 Å². The number of nitrogens with zero attached hydrogens (tertiary/aromatic N) is 4. The van der Waals surface area contributed by atoms with Crippen molar-refractivity contribution in [3.05, 3.63) is 59.3 Å². The van der Waals surface area contributed by atoms with Crippen LogP contribution in [0.15, 0.2) is 42.6 Å². The van der Waals surface area contributed by atoms with Gasteiger partial charge in [-0.3, -0.25) is 4.90 Å². The predicted octanol–water partition coefficient (Wildman–Crippen LogP) is 6.67. The maximum absolute atomic E-state index is 13.9. The van der Waals surface area contributed by atoms with Gasteiger partial charge in [0, 0.05) is 55.9 Å². The molecule has 11 heteroatoms. The molecule has 2 unspecified atom stereocenters. The molecule has 4 bridgehead atoms. The van der Waals surface area contributed by atoms with Crippen molar-refractivity contribution in [2.45, 2.75) is 63.8 Å². The van der Waals surface area contributed by atoms with E-state index in [1.807, 2.05) is 50.2 Å². The molecule has 240 valence electrons. The van der Waals surface area contributed by atoms with Crippen LogP contribution >= 0.6 is 0 Å². The van der Waals surface area contributed by atoms with Crippen LogP contribution in [0.25, 0.3) is 0 Å². The van der Waals surface area contributed by atoms with Crippen molar-refractivity contribution in [2.75, 3.05) is 48.8 Å². The Hall–Kier alpha value is -3.57. The molecule has 4 saturated carbocycles. The quantitative estimate of drug-likeness (QED) is 0.270. The van der Waals surface area contributed by atoms with Crippen LogP contribution in [0.4, 0.5) is 42.0 Å². The number of aliphatic hydroxyl groups is 1. The summed E-state index contributed by atoms with van der Waals surface area (Å²) in [7, 11) is 1.57. The molecule has 2 heterocycles. The van der Waals surface area contributed by atoms with Crippen molar-refractivity contribution in [3.8, 4) is 5.75 Å². The van der Waals surface area contributed by atoms with Gasteiger partial charge >= 0.3 is 6.18 Å². The first-order chi connectivity index (χ1) is 21.5. The van der Waals surface area contributed by atoms with Crippen molar-refractivity contribution in [3.63, 3.8) is 0 Å². The Balaban J connectivity index is 1.05. The second-order valence-corrected chi connectivity index (χ2v) is 13.6. The van der Waals surface area contributed by atoms with Crippen LogP contribution in [0.3, 0.4) is 0 Å². The number of ether oxygens (including phenoxy) is 1. The lowest BCUT2D eigenvalue weighted by Gasteiger charge is -2.61. The minimum absolute atomic E-state index is 0.0247. The first kappa shape index (κ1) is 30.1. The van der Waals surface area contributed by atoms with Crippen molar-refractivity contribution < 1.29 is 23.0 Å². The Bertz CT molecular complexity index is 1540. The SMILES string of the molecule is COc1cc(N2CCN(C3C4CC5CC3CC(O)(C5)C4)CC2)ccc1Nc1ncc(C(F)(F)F)c(Nc2c(C)cccc2C)n1. The second kappa shape index (κ2) is 11.3. The third-order valence-corrected chi connectivity index (χ3v) is 10.5. The molecule has 0 amide bonds. The summed E-state index contributed by atoms with van der Waals surface area (Å²) >= 11 is 0. The third-order valence-electron chi connectivity index (χ3n) is 10.5. The number of para-hydroxylation sites is 1. The summed E-state index contributed by atoms with van der Waals surface area (Å²) in [5.41, 5.74) is 2.44. The molecule has 3 aromatic rings. The number of methoxy groups -OCH3 is 1. The van der Waals surface area contributed by atoms with Crippen LogP contribution in [0, 0.1) is 31.6 Å². The average Bonchev–Trinajstić information content (AvgIpc) is 2.98. The fourth-order valence-corrected chi connectivity index (χ4v) is 8.80. The number of hydrogen-bond donors (Lipinski definition) is 3. The van der Waals surface area contributed by atoms with Crippen molar-refractivity contribution in [1.29, 1.82) is 0 Å². The van der Waals surface area contributed by atoms with Crippen LogP contribution < -0.4 is 20.3 Å². The molecule has 5 aliphatic rings. The smallest absolute Gasteiger partial charge is 0.421 e. The van der Waals surface area contributed by atoms with Gasteiger partial charge in [-0.25, -0.2) is 4.98 Å². The van der Waals surface area contributed by atoms with E-state index in [-0.39, 0.29) is 11.8 Å². The van der Waals surface area contributed by atoms with E-state index < -0.39 is 17.3 Å². The lowest BCUT2D eigenvalue weighted by atomic mass is 9.52. The van der Waals surface area contributed by atoms with Crippen molar-refractivity contribution >= 4 is 28.8 Å². The van der Waals surface area contributed by atoms with E-state index in [0.29, 0.717) is 40.9 Å². The van der Waals surface area contributed by atoms with Gasteiger partial charge in [-0.2, -0.15) is 18.2 Å². The highest BCUT2D eigenvalue weighted by Gasteiger charge is 2.56. The van der Waals surface area contributed by atoms with Crippen LogP contribution in [0.1, 0.15) is 48.8 Å². The number of alkyl halides is 3. The maximum atomic E-state index is 13.9. The van der Waals surface area contributed by atoms with E-state index in [1.165, 1.54) is 12.8 Å². The maximum Gasteiger partial charge on any atom is 0.421 e. The van der Waals surface area contributed by atoms with E-state index in [9.17, 15) is 18.3 Å². The van der Waals surface area contributed by atoms with E-state index in [4.69, 9.17) is 4.74 Å². The largest absolute Gasteiger partial charge is 0.494 e. The molecule has 2 atom stereocenters. The predicted molar refractivity (Wildman–Crippen MR) is 169 cm³/mol. The summed E-state index contributed by atoms with van der Waals surface area (Å²) in [6.07, 6.45) is 1.63. The Morgan fingerprint density at radius 3 is 2.27 bits per heavy atom. The molecule has 8 nitrogen and oxygen atoms in total. The van der Waals surface area contributed by atoms with Gasteiger partial charge in [0.25, 0.3) is 0 Å². The Morgan fingerprint density at radius 1 is 0.956 bits per heavy atom. The first-order valence-corrected chi connectivity index (χ1v) is 15.9. The van der Waals surface area contributed by atoms with Gasteiger partial charge in [0.15, 0.2) is 0 Å². The van der Waals surface area contributed by atoms with Crippen molar-refractivity contribution in [1.82, 2.24) is 14.9 Å². The van der Waals surface area contributed by atoms with E-state index in [1.54, 1.807) is 7.11 Å². The molecule has 8 rings (SSSR count). The molecule has 5 fully saturated rings. The number of anilines is 5. The number of benzene rings is 2. The highest BCUT2D eigenvalue weighted by atomic mass is 19.4. The number of halogens is 3. The zero-order valence-electron chi connectivity index (χ0n) is 26.0. The topological polar surface area (TPSA) is 85.8 Å². The number of rotatable bonds is 7. The van der Waals surface area contributed by atoms with Gasteiger partial charge in [0.05, 0.1) is 18.4 Å². The summed E-state index contributed by atoms with van der Waals surface area (Å²) in [4.78, 5) is 13.3. The average molecular weight is 623 g/mol. The van der Waals surface area contributed by atoms with Crippen LogP contribution in [-0.2, 0) is 6.18 Å². The molecular formula is C34H41F3N6O2. The minimum Gasteiger partial charge on any atom is -0.494 e. The molecule has 0 radical (unpaired) electrons. The summed E-state index contributed by atoms with van der Waals surface area (Å²) in [5.74, 6) is 2.19. The summed E-state index contributed by atoms with van der Waals surface area (Å²) in [6, 6.07) is 11.9. The lowest BCUT2D eigenvalue weighted by molar-refractivity contribution is -0.160. The standard InChI is InChI=1S/C34H41F3N6O2/c1-20-5-4-6-21(2)29(20)40-31-26(34(35,36)37)19-38-32(41-31)39-27-8-7-25(15-28(27)45-3)42-9-11-43(12-10-42)30-23-13-22-14-24(30)18-33(44,16-22)17-23/h4-8,15,19,22-24,30,44H,9-14,16-18H2,1-3H3,(H2,38,39,40,41). The zero-order chi connectivity index (χ0) is 31.5. The van der Waals surface area contributed by atoms with Gasteiger partial charge in [-0.1, -0.05) is 18.2 Å². The van der Waals surface area contributed by atoms with Crippen LogP contribution in [0.2, 0.25) is 0 Å². The van der Waals surface area contributed by atoms with Crippen LogP contribution in [-0.4, -0.2) is 64.9 Å². The van der Waals surface area contributed by atoms with E-state index in [2.05, 4.69) is 30.4 Å². The summed E-state index contributed by atoms with van der Waals surface area (Å²) < 4.78 is 47.4. The summed E-state index contributed by atoms with van der Waals surface area (Å²) in [5, 5.41) is 17.0. The number of aromatic nitrogens is 2. The van der Waals surface area contributed by atoms with Gasteiger partial charge in [-0.05, 0) is 87.0 Å². The van der Waals surface area contributed by atoms with Gasteiger partial charge < -0.3 is 25.4 Å².